The van der Waals surface area contributed by atoms with E-state index in [1.807, 2.05) is 0 Å². The van der Waals surface area contributed by atoms with Gasteiger partial charge in [-0.1, -0.05) is 0 Å². The first-order chi connectivity index (χ1) is 10.6. The van der Waals surface area contributed by atoms with Crippen molar-refractivity contribution in [1.82, 2.24) is 14.5 Å². The molecule has 3 rings (SSSR count). The molecule has 0 bridgehead atoms. The van der Waals surface area contributed by atoms with Crippen LogP contribution in [0, 0.1) is 11.3 Å². The number of aromatic nitrogens is 2. The number of esters is 1. The Hall–Kier alpha value is -2.18. The molecule has 1 aromatic heterocycles. The van der Waals surface area contributed by atoms with Crippen LogP contribution in [0.4, 0.5) is 0 Å². The average Bonchev–Trinajstić information content (AvgIpc) is 3.23. The number of carbonyl (C=O) groups is 2. The Morgan fingerprint density at radius 3 is 2.77 bits per heavy atom. The quantitative estimate of drug-likeness (QED) is 0.737. The van der Waals surface area contributed by atoms with Crippen LogP contribution in [0.15, 0.2) is 23.3 Å². The van der Waals surface area contributed by atoms with Crippen molar-refractivity contribution < 1.29 is 14.3 Å². The van der Waals surface area contributed by atoms with E-state index in [1.54, 1.807) is 17.2 Å². The van der Waals surface area contributed by atoms with E-state index in [-0.39, 0.29) is 29.8 Å². The number of methoxy groups -OCH3 is 1. The molecule has 1 saturated carbocycles. The topological polar surface area (TPSA) is 81.5 Å². The Kier molecular flexibility index (Phi) is 3.72. The van der Waals surface area contributed by atoms with Gasteiger partial charge >= 0.3 is 11.7 Å². The summed E-state index contributed by atoms with van der Waals surface area (Å²) in [5.41, 5.74) is -0.382. The number of carbonyl (C=O) groups excluding carboxylic acids is 2. The molecule has 0 aromatic carbocycles. The Morgan fingerprint density at radius 2 is 2.14 bits per heavy atom. The Bertz CT molecular complexity index is 646. The maximum Gasteiger partial charge on any atom is 0.347 e. The summed E-state index contributed by atoms with van der Waals surface area (Å²) in [6, 6.07) is 1.63. The molecule has 1 saturated heterocycles. The first-order valence-corrected chi connectivity index (χ1v) is 7.43. The third-order valence-electron chi connectivity index (χ3n) is 4.88. The van der Waals surface area contributed by atoms with Gasteiger partial charge in [0.1, 0.15) is 6.54 Å². The molecular weight excluding hydrogens is 286 g/mol. The predicted molar refractivity (Wildman–Crippen MR) is 76.9 cm³/mol. The van der Waals surface area contributed by atoms with Crippen molar-refractivity contribution in [2.24, 2.45) is 11.3 Å². The van der Waals surface area contributed by atoms with Gasteiger partial charge in [-0.3, -0.25) is 14.2 Å². The van der Waals surface area contributed by atoms with Gasteiger partial charge in [-0.15, -0.1) is 0 Å². The third-order valence-corrected chi connectivity index (χ3v) is 4.88. The summed E-state index contributed by atoms with van der Waals surface area (Å²) in [6.07, 6.45) is 5.48. The van der Waals surface area contributed by atoms with Crippen LogP contribution in [0.3, 0.4) is 0 Å². The molecule has 1 spiro atoms. The van der Waals surface area contributed by atoms with Crippen LogP contribution >= 0.6 is 0 Å². The van der Waals surface area contributed by atoms with Gasteiger partial charge in [0.25, 0.3) is 0 Å². The molecule has 2 aliphatic rings. The van der Waals surface area contributed by atoms with Gasteiger partial charge < -0.3 is 9.64 Å². The maximum atomic E-state index is 12.3. The highest BCUT2D eigenvalue weighted by Gasteiger charge is 2.59. The number of hydrogen-bond acceptors (Lipinski definition) is 5. The Morgan fingerprint density at radius 1 is 1.41 bits per heavy atom. The number of piperidine rings is 1. The first kappa shape index (κ1) is 14.7. The minimum atomic E-state index is -0.419. The van der Waals surface area contributed by atoms with Crippen molar-refractivity contribution in [3.63, 3.8) is 0 Å². The first-order valence-electron chi connectivity index (χ1n) is 7.43. The van der Waals surface area contributed by atoms with E-state index >= 15 is 0 Å². The highest BCUT2D eigenvalue weighted by molar-refractivity contribution is 5.78. The second-order valence-corrected chi connectivity index (χ2v) is 6.05. The zero-order valence-corrected chi connectivity index (χ0v) is 12.5. The SMILES string of the molecule is COC(=O)C1CC12CCN(C(=O)Cn1cccnc1=O)CC2. The van der Waals surface area contributed by atoms with Gasteiger partial charge in [-0.2, -0.15) is 0 Å². The second kappa shape index (κ2) is 5.55. The highest BCUT2D eigenvalue weighted by atomic mass is 16.5. The van der Waals surface area contributed by atoms with Crippen molar-refractivity contribution in [2.45, 2.75) is 25.8 Å². The molecule has 1 aliphatic heterocycles. The zero-order valence-electron chi connectivity index (χ0n) is 12.5. The largest absolute Gasteiger partial charge is 0.469 e. The van der Waals surface area contributed by atoms with E-state index in [2.05, 4.69) is 4.98 Å². The van der Waals surface area contributed by atoms with Gasteiger partial charge in [-0.25, -0.2) is 9.78 Å². The summed E-state index contributed by atoms with van der Waals surface area (Å²) in [4.78, 5) is 40.8. The summed E-state index contributed by atoms with van der Waals surface area (Å²) in [7, 11) is 1.42. The number of rotatable bonds is 3. The summed E-state index contributed by atoms with van der Waals surface area (Å²) in [6.45, 7) is 1.27. The molecule has 2 heterocycles. The molecule has 1 amide bonds. The van der Waals surface area contributed by atoms with Crippen molar-refractivity contribution in [3.8, 4) is 0 Å². The van der Waals surface area contributed by atoms with Crippen LogP contribution in [0.2, 0.25) is 0 Å². The van der Waals surface area contributed by atoms with Crippen LogP contribution < -0.4 is 5.69 Å². The lowest BCUT2D eigenvalue weighted by Gasteiger charge is -2.32. The Balaban J connectivity index is 1.56. The molecular formula is C15H19N3O4. The van der Waals surface area contributed by atoms with Crippen molar-refractivity contribution in [2.75, 3.05) is 20.2 Å². The molecule has 7 nitrogen and oxygen atoms in total. The molecule has 1 unspecified atom stereocenters. The maximum absolute atomic E-state index is 12.3. The molecule has 118 valence electrons. The Labute approximate surface area is 127 Å². The van der Waals surface area contributed by atoms with Gasteiger partial charge in [0.05, 0.1) is 13.0 Å². The van der Waals surface area contributed by atoms with Crippen molar-refractivity contribution >= 4 is 11.9 Å². The number of hydrogen-bond donors (Lipinski definition) is 0. The fourth-order valence-electron chi connectivity index (χ4n) is 3.33. The van der Waals surface area contributed by atoms with Gasteiger partial charge in [0.2, 0.25) is 5.91 Å². The number of likely N-dealkylation sites (tertiary alicyclic amines) is 1. The molecule has 1 aliphatic carbocycles. The monoisotopic (exact) mass is 305 g/mol. The molecule has 7 heteroatoms. The minimum Gasteiger partial charge on any atom is -0.469 e. The summed E-state index contributed by atoms with van der Waals surface area (Å²) >= 11 is 0. The third kappa shape index (κ3) is 2.63. The van der Waals surface area contributed by atoms with Crippen LogP contribution in [0.1, 0.15) is 19.3 Å². The van der Waals surface area contributed by atoms with E-state index in [1.165, 1.54) is 17.9 Å². The van der Waals surface area contributed by atoms with Crippen LogP contribution in [0.5, 0.6) is 0 Å². The second-order valence-electron chi connectivity index (χ2n) is 6.05. The van der Waals surface area contributed by atoms with Gasteiger partial charge in [0.15, 0.2) is 0 Å². The molecule has 22 heavy (non-hydrogen) atoms. The van der Waals surface area contributed by atoms with E-state index in [0.717, 1.165) is 19.3 Å². The fraction of sp³-hybridized carbons (Fsp3) is 0.600. The summed E-state index contributed by atoms with van der Waals surface area (Å²) in [5.74, 6) is -0.224. The smallest absolute Gasteiger partial charge is 0.347 e. The zero-order chi connectivity index (χ0) is 15.7. The highest BCUT2D eigenvalue weighted by Crippen LogP contribution is 2.59. The van der Waals surface area contributed by atoms with Gasteiger partial charge in [0, 0.05) is 25.5 Å². The lowest BCUT2D eigenvalue weighted by molar-refractivity contribution is -0.143. The average molecular weight is 305 g/mol. The molecule has 2 fully saturated rings. The predicted octanol–water partition coefficient (Wildman–Crippen LogP) is 0.0450. The lowest BCUT2D eigenvalue weighted by atomic mass is 9.91. The van der Waals surface area contributed by atoms with Crippen LogP contribution in [-0.4, -0.2) is 46.5 Å². The number of nitrogens with zero attached hydrogens (tertiary/aromatic N) is 3. The normalized spacial score (nSPS) is 22.4. The summed E-state index contributed by atoms with van der Waals surface area (Å²) in [5, 5.41) is 0. The van der Waals surface area contributed by atoms with E-state index < -0.39 is 5.69 Å². The fourth-order valence-corrected chi connectivity index (χ4v) is 3.33. The van der Waals surface area contributed by atoms with Crippen LogP contribution in [0.25, 0.3) is 0 Å². The minimum absolute atomic E-state index is 0.00399. The summed E-state index contributed by atoms with van der Waals surface area (Å²) < 4.78 is 6.11. The standard InChI is InChI=1S/C15H19N3O4/c1-22-13(20)11-9-15(11)3-7-17(8-4-15)12(19)10-18-6-2-5-16-14(18)21/h2,5-6,11H,3-4,7-10H2,1H3. The van der Waals surface area contributed by atoms with E-state index in [4.69, 9.17) is 4.74 Å². The van der Waals surface area contributed by atoms with Crippen molar-refractivity contribution in [3.05, 3.63) is 28.9 Å². The van der Waals surface area contributed by atoms with E-state index in [0.29, 0.717) is 13.1 Å². The molecule has 0 radical (unpaired) electrons. The number of amides is 1. The lowest BCUT2D eigenvalue weighted by Crippen LogP contribution is -2.42. The van der Waals surface area contributed by atoms with Gasteiger partial charge in [-0.05, 0) is 30.7 Å². The van der Waals surface area contributed by atoms with Crippen molar-refractivity contribution in [1.29, 1.82) is 0 Å². The molecule has 0 N–H and O–H groups in total. The number of ether oxygens (including phenoxy) is 1. The molecule has 1 aromatic rings. The van der Waals surface area contributed by atoms with Crippen LogP contribution in [-0.2, 0) is 20.9 Å². The van der Waals surface area contributed by atoms with E-state index in [9.17, 15) is 14.4 Å². The molecule has 1 atom stereocenters.